The maximum Gasteiger partial charge on any atom is 0.338 e. The number of carbonyl (C=O) groups excluding carboxylic acids is 1. The summed E-state index contributed by atoms with van der Waals surface area (Å²) < 4.78 is 18.6. The number of anilines is 1. The zero-order valence-electron chi connectivity index (χ0n) is 10.8. The molecule has 2 aromatic carbocycles. The van der Waals surface area contributed by atoms with E-state index in [1.165, 1.54) is 30.3 Å². The molecule has 0 spiro atoms. The van der Waals surface area contributed by atoms with Crippen LogP contribution in [0, 0.1) is 17.1 Å². The molecule has 2 aromatic rings. The van der Waals surface area contributed by atoms with E-state index in [2.05, 4.69) is 0 Å². The van der Waals surface area contributed by atoms with Crippen molar-refractivity contribution >= 4 is 23.3 Å². The Morgan fingerprint density at radius 1 is 1.33 bits per heavy atom. The molecule has 0 saturated carbocycles. The SMILES string of the molecule is N#Cc1ccc(COC(=O)c2ccc(Cl)c(N)c2)c(F)c1. The smallest absolute Gasteiger partial charge is 0.338 e. The van der Waals surface area contributed by atoms with Crippen molar-refractivity contribution in [1.29, 1.82) is 5.26 Å². The summed E-state index contributed by atoms with van der Waals surface area (Å²) in [6.07, 6.45) is 0. The zero-order chi connectivity index (χ0) is 15.4. The highest BCUT2D eigenvalue weighted by atomic mass is 35.5. The van der Waals surface area contributed by atoms with Crippen molar-refractivity contribution in [1.82, 2.24) is 0 Å². The van der Waals surface area contributed by atoms with Crippen LogP contribution in [0.3, 0.4) is 0 Å². The van der Waals surface area contributed by atoms with Gasteiger partial charge in [0.1, 0.15) is 12.4 Å². The van der Waals surface area contributed by atoms with E-state index in [1.54, 1.807) is 0 Å². The predicted octanol–water partition coefficient (Wildman–Crippen LogP) is 3.29. The van der Waals surface area contributed by atoms with Gasteiger partial charge in [-0.3, -0.25) is 0 Å². The maximum atomic E-state index is 13.6. The molecule has 0 aromatic heterocycles. The van der Waals surface area contributed by atoms with Crippen LogP contribution in [0.2, 0.25) is 5.02 Å². The van der Waals surface area contributed by atoms with Crippen molar-refractivity contribution in [2.75, 3.05) is 5.73 Å². The number of carbonyl (C=O) groups is 1. The largest absolute Gasteiger partial charge is 0.457 e. The van der Waals surface area contributed by atoms with E-state index in [1.807, 2.05) is 6.07 Å². The second-order valence-electron chi connectivity index (χ2n) is 4.23. The molecule has 0 amide bonds. The monoisotopic (exact) mass is 304 g/mol. The third-order valence-electron chi connectivity index (χ3n) is 2.77. The summed E-state index contributed by atoms with van der Waals surface area (Å²) in [5.41, 5.74) is 6.47. The number of nitrogens with two attached hydrogens (primary N) is 1. The first kappa shape index (κ1) is 14.8. The number of nitrogen functional groups attached to an aromatic ring is 1. The summed E-state index contributed by atoms with van der Waals surface area (Å²) in [5, 5.41) is 8.98. The molecule has 0 aliphatic carbocycles. The van der Waals surface area contributed by atoms with Gasteiger partial charge in [-0.1, -0.05) is 17.7 Å². The summed E-state index contributed by atoms with van der Waals surface area (Å²) in [7, 11) is 0. The number of halogens is 2. The fraction of sp³-hybridized carbons (Fsp3) is 0.0667. The lowest BCUT2D eigenvalue weighted by Gasteiger charge is -2.07. The highest BCUT2D eigenvalue weighted by Gasteiger charge is 2.11. The van der Waals surface area contributed by atoms with Crippen molar-refractivity contribution < 1.29 is 13.9 Å². The van der Waals surface area contributed by atoms with E-state index in [4.69, 9.17) is 27.3 Å². The predicted molar refractivity (Wildman–Crippen MR) is 76.1 cm³/mol. The quantitative estimate of drug-likeness (QED) is 0.697. The fourth-order valence-electron chi connectivity index (χ4n) is 1.63. The third-order valence-corrected chi connectivity index (χ3v) is 3.12. The minimum absolute atomic E-state index is 0.185. The van der Waals surface area contributed by atoms with Gasteiger partial charge < -0.3 is 10.5 Å². The fourth-order valence-corrected chi connectivity index (χ4v) is 1.75. The molecule has 2 N–H and O–H groups in total. The molecule has 0 atom stereocenters. The van der Waals surface area contributed by atoms with Crippen molar-refractivity contribution in [2.45, 2.75) is 6.61 Å². The first-order chi connectivity index (χ1) is 10.0. The highest BCUT2D eigenvalue weighted by molar-refractivity contribution is 6.33. The van der Waals surface area contributed by atoms with Crippen LogP contribution in [0.5, 0.6) is 0 Å². The van der Waals surface area contributed by atoms with Crippen molar-refractivity contribution in [3.63, 3.8) is 0 Å². The Hall–Kier alpha value is -2.58. The van der Waals surface area contributed by atoms with Crippen molar-refractivity contribution in [2.24, 2.45) is 0 Å². The Kier molecular flexibility index (Phi) is 4.41. The first-order valence-electron chi connectivity index (χ1n) is 5.92. The standard InChI is InChI=1S/C15H10ClFN2O2/c16-12-4-3-10(6-14(12)19)15(20)21-8-11-2-1-9(7-18)5-13(11)17/h1-6H,8,19H2. The normalized spacial score (nSPS) is 9.95. The number of hydrogen-bond acceptors (Lipinski definition) is 4. The molecule has 0 unspecified atom stereocenters. The van der Waals surface area contributed by atoms with Gasteiger partial charge in [0.15, 0.2) is 0 Å². The van der Waals surface area contributed by atoms with E-state index < -0.39 is 11.8 Å². The zero-order valence-corrected chi connectivity index (χ0v) is 11.5. The number of benzene rings is 2. The molecule has 0 fully saturated rings. The molecule has 0 aliphatic rings. The molecular weight excluding hydrogens is 295 g/mol. The molecule has 0 heterocycles. The lowest BCUT2D eigenvalue weighted by Crippen LogP contribution is -2.07. The number of esters is 1. The molecule has 4 nitrogen and oxygen atoms in total. The van der Waals surface area contributed by atoms with Crippen molar-refractivity contribution in [3.8, 4) is 6.07 Å². The van der Waals surface area contributed by atoms with E-state index >= 15 is 0 Å². The topological polar surface area (TPSA) is 76.1 Å². The summed E-state index contributed by atoms with van der Waals surface area (Å²) in [4.78, 5) is 11.8. The minimum Gasteiger partial charge on any atom is -0.457 e. The molecule has 2 rings (SSSR count). The van der Waals surface area contributed by atoms with Crippen LogP contribution in [-0.4, -0.2) is 5.97 Å². The van der Waals surface area contributed by atoms with Gasteiger partial charge in [-0.05, 0) is 30.3 Å². The molecule has 0 aliphatic heterocycles. The van der Waals surface area contributed by atoms with Crippen LogP contribution < -0.4 is 5.73 Å². The molecule has 0 radical (unpaired) electrons. The van der Waals surface area contributed by atoms with E-state index in [0.29, 0.717) is 5.02 Å². The second-order valence-corrected chi connectivity index (χ2v) is 4.64. The van der Waals surface area contributed by atoms with Gasteiger partial charge in [-0.15, -0.1) is 0 Å². The van der Waals surface area contributed by atoms with Crippen LogP contribution in [0.25, 0.3) is 0 Å². The molecule has 6 heteroatoms. The Labute approximate surface area is 125 Å². The van der Waals surface area contributed by atoms with Gasteiger partial charge in [0.25, 0.3) is 0 Å². The van der Waals surface area contributed by atoms with Crippen LogP contribution in [0.15, 0.2) is 36.4 Å². The van der Waals surface area contributed by atoms with Gasteiger partial charge in [0.2, 0.25) is 0 Å². The third kappa shape index (κ3) is 3.50. The van der Waals surface area contributed by atoms with E-state index in [-0.39, 0.29) is 29.0 Å². The summed E-state index contributed by atoms with van der Waals surface area (Å²) in [6.45, 7) is -0.237. The van der Waals surface area contributed by atoms with Crippen molar-refractivity contribution in [3.05, 3.63) is 63.9 Å². The van der Waals surface area contributed by atoms with Crippen LogP contribution in [0.1, 0.15) is 21.5 Å². The molecule has 0 bridgehead atoms. The van der Waals surface area contributed by atoms with Crippen LogP contribution >= 0.6 is 11.6 Å². The number of hydrogen-bond donors (Lipinski definition) is 1. The number of nitriles is 1. The average molecular weight is 305 g/mol. The summed E-state index contributed by atoms with van der Waals surface area (Å²) in [5.74, 6) is -1.24. The Morgan fingerprint density at radius 3 is 2.71 bits per heavy atom. The Bertz CT molecular complexity index is 741. The number of nitrogens with zero attached hydrogens (tertiary/aromatic N) is 1. The molecular formula is C15H10ClFN2O2. The van der Waals surface area contributed by atoms with E-state index in [0.717, 1.165) is 6.07 Å². The van der Waals surface area contributed by atoms with Gasteiger partial charge in [0, 0.05) is 5.56 Å². The molecule has 21 heavy (non-hydrogen) atoms. The van der Waals surface area contributed by atoms with Crippen LogP contribution in [-0.2, 0) is 11.3 Å². The van der Waals surface area contributed by atoms with Gasteiger partial charge >= 0.3 is 5.97 Å². The molecule has 106 valence electrons. The second kappa shape index (κ2) is 6.25. The Balaban J connectivity index is 2.07. The highest BCUT2D eigenvalue weighted by Crippen LogP contribution is 2.20. The first-order valence-corrected chi connectivity index (χ1v) is 6.29. The molecule has 0 saturated heterocycles. The summed E-state index contributed by atoms with van der Waals surface area (Å²) >= 11 is 5.75. The lowest BCUT2D eigenvalue weighted by atomic mass is 10.1. The van der Waals surface area contributed by atoms with Crippen LogP contribution in [0.4, 0.5) is 10.1 Å². The van der Waals surface area contributed by atoms with E-state index in [9.17, 15) is 9.18 Å². The minimum atomic E-state index is -0.637. The lowest BCUT2D eigenvalue weighted by molar-refractivity contribution is 0.0469. The number of rotatable bonds is 3. The van der Waals surface area contributed by atoms with Gasteiger partial charge in [-0.25, -0.2) is 9.18 Å². The average Bonchev–Trinajstić information content (AvgIpc) is 2.48. The van der Waals surface area contributed by atoms with Gasteiger partial charge in [-0.2, -0.15) is 5.26 Å². The van der Waals surface area contributed by atoms with Gasteiger partial charge in [0.05, 0.1) is 27.9 Å². The Morgan fingerprint density at radius 2 is 2.10 bits per heavy atom. The summed E-state index contributed by atoms with van der Waals surface area (Å²) in [6, 6.07) is 10.1. The maximum absolute atomic E-state index is 13.6. The number of ether oxygens (including phenoxy) is 1.